The number of hydrogen-bond donors (Lipinski definition) is 14. The number of likely N-dealkylation sites (tertiary alicyclic amines) is 1. The Morgan fingerprint density at radius 2 is 1.14 bits per heavy atom. The quantitative estimate of drug-likeness (QED) is 0.0350. The summed E-state index contributed by atoms with van der Waals surface area (Å²) in [6.45, 7) is 33.9. The second-order valence-corrected chi connectivity index (χ2v) is 30.0. The molecule has 3 rings (SSSR count). The van der Waals surface area contributed by atoms with Gasteiger partial charge in [0.15, 0.2) is 0 Å². The number of nitrogens with two attached hydrogens (primary N) is 1. The van der Waals surface area contributed by atoms with E-state index < -0.39 is 209 Å². The first-order chi connectivity index (χ1) is 48.7. The van der Waals surface area contributed by atoms with Crippen LogP contribution in [-0.2, 0) is 78.3 Å². The third kappa shape index (κ3) is 27.2. The average molecular weight is 1460 g/mol. The fraction of sp³-hybridized carbons (Fsp3) is 0.703. The van der Waals surface area contributed by atoms with Gasteiger partial charge in [-0.05, 0) is 105 Å². The highest BCUT2D eigenvalue weighted by molar-refractivity contribution is 6.02. The number of aliphatic hydroxyl groups is 1. The van der Waals surface area contributed by atoms with Crippen molar-refractivity contribution in [3.63, 3.8) is 0 Å². The number of ether oxygens (including phenoxy) is 1. The van der Waals surface area contributed by atoms with E-state index in [2.05, 4.69) is 70.4 Å². The molecule has 0 spiro atoms. The number of esters is 1. The second-order valence-electron chi connectivity index (χ2n) is 30.0. The number of rotatable bonds is 33. The summed E-state index contributed by atoms with van der Waals surface area (Å²) in [6, 6.07) is -7.80. The summed E-state index contributed by atoms with van der Waals surface area (Å²) in [6.07, 6.45) is -0.320. The van der Waals surface area contributed by atoms with Crippen LogP contribution in [0.15, 0.2) is 42.6 Å². The largest absolute Gasteiger partial charge is 0.458 e. The molecule has 13 amide bonds. The van der Waals surface area contributed by atoms with Crippen LogP contribution < -0.4 is 69.5 Å². The van der Waals surface area contributed by atoms with E-state index >= 15 is 9.59 Å². The number of cyclic esters (lactones) is 1. The molecule has 104 heavy (non-hydrogen) atoms. The van der Waals surface area contributed by atoms with Crippen LogP contribution in [0.4, 0.5) is 0 Å². The van der Waals surface area contributed by atoms with Gasteiger partial charge in [0.25, 0.3) is 5.91 Å². The van der Waals surface area contributed by atoms with Crippen molar-refractivity contribution in [2.45, 2.75) is 274 Å². The van der Waals surface area contributed by atoms with Crippen LogP contribution in [0.3, 0.4) is 0 Å². The summed E-state index contributed by atoms with van der Waals surface area (Å²) < 4.78 is 5.92. The molecule has 0 bridgehead atoms. The molecule has 1 aromatic carbocycles. The van der Waals surface area contributed by atoms with Gasteiger partial charge in [0.05, 0.1) is 11.8 Å². The molecule has 0 saturated carbocycles. The van der Waals surface area contributed by atoms with E-state index in [9.17, 15) is 62.6 Å². The maximum Gasteiger partial charge on any atom is 0.329 e. The zero-order chi connectivity index (χ0) is 78.7. The Morgan fingerprint density at radius 3 is 1.68 bits per heavy atom. The van der Waals surface area contributed by atoms with Crippen molar-refractivity contribution in [1.29, 1.82) is 0 Å². The van der Waals surface area contributed by atoms with Crippen molar-refractivity contribution in [3.8, 4) is 0 Å². The first-order valence-electron chi connectivity index (χ1n) is 37.0. The van der Waals surface area contributed by atoms with Crippen LogP contribution in [0.1, 0.15) is 188 Å². The van der Waals surface area contributed by atoms with E-state index in [1.54, 1.807) is 127 Å². The Balaban J connectivity index is 1.98. The smallest absolute Gasteiger partial charge is 0.329 e. The maximum atomic E-state index is 15.0. The lowest BCUT2D eigenvalue weighted by Gasteiger charge is -2.33. The highest BCUT2D eigenvalue weighted by Crippen LogP contribution is 2.23. The Morgan fingerprint density at radius 1 is 0.606 bits per heavy atom. The molecule has 1 aromatic rings. The van der Waals surface area contributed by atoms with Crippen LogP contribution >= 0.6 is 0 Å². The number of nitrogens with zero attached hydrogens (tertiary/aromatic N) is 1. The summed E-state index contributed by atoms with van der Waals surface area (Å²) in [5, 5.41) is 42.8. The summed E-state index contributed by atoms with van der Waals surface area (Å²) in [7, 11) is 0. The molecule has 2 heterocycles. The first-order valence-corrected chi connectivity index (χ1v) is 37.0. The van der Waals surface area contributed by atoms with Crippen molar-refractivity contribution < 1.29 is 77.0 Å². The average Bonchev–Trinajstić information content (AvgIpc) is 1.43. The molecular weight excluding hydrogens is 1340 g/mol. The fourth-order valence-electron chi connectivity index (χ4n) is 12.0. The highest BCUT2D eigenvalue weighted by atomic mass is 16.5. The summed E-state index contributed by atoms with van der Waals surface area (Å²) >= 11 is 0. The van der Waals surface area contributed by atoms with Crippen LogP contribution in [0.2, 0.25) is 0 Å². The molecule has 2 aliphatic heterocycles. The lowest BCUT2D eigenvalue weighted by molar-refractivity contribution is -0.157. The van der Waals surface area contributed by atoms with E-state index in [-0.39, 0.29) is 57.5 Å². The van der Waals surface area contributed by atoms with E-state index in [4.69, 9.17) is 10.5 Å². The van der Waals surface area contributed by atoms with E-state index in [0.717, 1.165) is 6.42 Å². The van der Waals surface area contributed by atoms with Crippen molar-refractivity contribution in [3.05, 3.63) is 48.2 Å². The minimum Gasteiger partial charge on any atom is -0.458 e. The monoisotopic (exact) mass is 1460 g/mol. The molecule has 30 nitrogen and oxygen atoms in total. The summed E-state index contributed by atoms with van der Waals surface area (Å²) in [4.78, 5) is 201. The summed E-state index contributed by atoms with van der Waals surface area (Å²) in [5.41, 5.74) is 6.10. The predicted octanol–water partition coefficient (Wildman–Crippen LogP) is 1.45. The van der Waals surface area contributed by atoms with Gasteiger partial charge in [0.2, 0.25) is 70.9 Å². The lowest BCUT2D eigenvalue weighted by atomic mass is 9.95. The minimum atomic E-state index is -1.83. The van der Waals surface area contributed by atoms with Gasteiger partial charge in [-0.15, -0.1) is 0 Å². The Bertz CT molecular complexity index is 3130. The Labute approximate surface area is 613 Å². The maximum absolute atomic E-state index is 15.0. The van der Waals surface area contributed by atoms with Crippen molar-refractivity contribution >= 4 is 82.8 Å². The molecule has 15 N–H and O–H groups in total. The molecular formula is C74H122N14O16. The summed E-state index contributed by atoms with van der Waals surface area (Å²) in [5.74, 6) is -15.3. The van der Waals surface area contributed by atoms with Gasteiger partial charge in [-0.1, -0.05) is 167 Å². The molecule has 0 unspecified atom stereocenters. The van der Waals surface area contributed by atoms with Crippen LogP contribution in [0.5, 0.6) is 0 Å². The van der Waals surface area contributed by atoms with Gasteiger partial charge < -0.3 is 84.3 Å². The molecule has 0 radical (unpaired) electrons. The third-order valence-electron chi connectivity index (χ3n) is 19.0. The number of carbonyl (C=O) groups is 14. The second kappa shape index (κ2) is 43.0. The predicted molar refractivity (Wildman–Crippen MR) is 391 cm³/mol. The van der Waals surface area contributed by atoms with E-state index in [1.807, 2.05) is 13.8 Å². The number of benzene rings is 1. The molecule has 2 aliphatic rings. The van der Waals surface area contributed by atoms with Gasteiger partial charge in [0, 0.05) is 19.4 Å². The Kier molecular flexibility index (Phi) is 37.1. The number of carbonyl (C=O) groups excluding carboxylic acids is 14. The van der Waals surface area contributed by atoms with Crippen LogP contribution in [-0.4, -0.2) is 191 Å². The topological polar surface area (TPSA) is 442 Å². The molecule has 0 aliphatic carbocycles. The molecule has 584 valence electrons. The van der Waals surface area contributed by atoms with Gasteiger partial charge in [0.1, 0.15) is 78.6 Å². The highest BCUT2D eigenvalue weighted by Gasteiger charge is 2.44. The van der Waals surface area contributed by atoms with Crippen LogP contribution in [0, 0.1) is 47.3 Å². The molecule has 2 fully saturated rings. The Hall–Kier alpha value is -8.54. The van der Waals surface area contributed by atoms with Gasteiger partial charge in [-0.2, -0.15) is 0 Å². The van der Waals surface area contributed by atoms with E-state index in [1.165, 1.54) is 18.7 Å². The molecule has 2 saturated heterocycles. The number of hydrogen-bond acceptors (Lipinski definition) is 17. The fourth-order valence-corrected chi connectivity index (χ4v) is 12.0. The number of aliphatic hydroxyl groups excluding tert-OH is 1. The molecule has 0 aromatic heterocycles. The molecule has 30 heteroatoms. The first kappa shape index (κ1) is 89.7. The van der Waals surface area contributed by atoms with Gasteiger partial charge >= 0.3 is 5.97 Å². The van der Waals surface area contributed by atoms with Gasteiger partial charge in [-0.25, -0.2) is 4.79 Å². The minimum absolute atomic E-state index is 0.0530. The van der Waals surface area contributed by atoms with Crippen molar-refractivity contribution in [1.82, 2.24) is 68.7 Å². The molecule has 16 atom stereocenters. The normalized spacial score (nSPS) is 22.3. The van der Waals surface area contributed by atoms with Gasteiger partial charge in [-0.3, -0.25) is 62.3 Å². The number of nitrogens with one attached hydrogen (secondary N) is 12. The number of amides is 13. The third-order valence-corrected chi connectivity index (χ3v) is 19.0. The zero-order valence-electron chi connectivity index (χ0n) is 64.4. The van der Waals surface area contributed by atoms with Crippen LogP contribution in [0.25, 0.3) is 0 Å². The SMILES string of the molecule is C=C1NC(=O)[C@H](Cc2ccccc2)NC(=O)[C@@H](C(C)C)NC(=O)[C@@H]([C@H](C)CC)NC(=O)[C@H](NC(=O)[C@H](NC(=O)[C@H](CCCN)NC(=O)[C@H]2CCCN2C(=O)[C@H](NC(=O)[C@@H](NC(=O)[C@@H](NC(=O)[C@H](NC(=O)CCCC(C)C)C(C)C)[C@@H](C)O)C(C)C)C(C)C)[C@H](C)CC)[C@H](C)OC(=O)[C@H](C(C)C)NC1=O. The van der Waals surface area contributed by atoms with E-state index in [0.29, 0.717) is 30.7 Å². The van der Waals surface area contributed by atoms with Crippen molar-refractivity contribution in [2.24, 2.45) is 53.1 Å². The lowest BCUT2D eigenvalue weighted by Crippen LogP contribution is -2.64. The van der Waals surface area contributed by atoms with Crippen molar-refractivity contribution in [2.75, 3.05) is 13.1 Å². The standard InChI is InChI=1S/C74H122N14O16/c1-20-43(15)58(70(99)87-61-47(19)104-74(103)57(42(13)14)83-62(91)45(17)76-64(93)50(36-48-29-23-22-24-30-48)78-66(95)54(39(7)8)80-69(98)59(44(16)21-2)85-72(61)101)84-63(92)49(31-26-34-75)77-65(94)51-32-27-35-88(51)73(102)56(41(11)12)82-68(97)55(40(9)10)81-71(100)60(46(18)89)86-67(96)53(38(5)6)79-52(90)33-25-28-37(3)4/h22-24,29-30,37-44,46-47,49-51,53-61,89H,17,20-21,25-28,31-36,75H2,1-16,18-19H3,(H,76,93)(H,77,94)(H,78,95)(H,79,90)(H,80,98)(H,81,100)(H,82,97)(H,83,91)(H,84,92)(H,85,101)(H,86,96)(H,87,99)/t43-,44-,46-,47+,49+,50+,51-,53-,54-,55+,56-,57+,58-,59-,60+,61-/m1/s1. The zero-order valence-corrected chi connectivity index (χ0v) is 64.4.